The van der Waals surface area contributed by atoms with E-state index in [1.54, 1.807) is 6.07 Å². The average molecular weight is 391 g/mol. The van der Waals surface area contributed by atoms with Gasteiger partial charge in [0, 0.05) is 5.56 Å². The van der Waals surface area contributed by atoms with E-state index in [2.05, 4.69) is 9.46 Å². The fourth-order valence-electron chi connectivity index (χ4n) is 2.52. The molecule has 0 saturated heterocycles. The van der Waals surface area contributed by atoms with E-state index in [-0.39, 0.29) is 22.8 Å². The van der Waals surface area contributed by atoms with Crippen LogP contribution in [0, 0.1) is 0 Å². The second-order valence-electron chi connectivity index (χ2n) is 5.69. The second-order valence-corrected chi connectivity index (χ2v) is 7.46. The maximum Gasteiger partial charge on any atom is 0.337 e. The number of methoxy groups -OCH3 is 1. The maximum atomic E-state index is 12.6. The molecule has 0 aliphatic rings. The molecule has 8 nitrogen and oxygen atoms in total. The number of hydrogen-bond donors (Lipinski definition) is 2. The zero-order valence-electron chi connectivity index (χ0n) is 14.3. The van der Waals surface area contributed by atoms with Crippen LogP contribution >= 0.6 is 0 Å². The summed E-state index contributed by atoms with van der Waals surface area (Å²) in [7, 11) is -2.72. The summed E-state index contributed by atoms with van der Waals surface area (Å²) in [6.07, 6.45) is 4.05. The SMILES string of the molecule is COC(=O)c1ccc(S(=O)(=O)NC[C@](O)(c2ccoc2)c2ccco2)cc1. The molecule has 3 rings (SSSR count). The summed E-state index contributed by atoms with van der Waals surface area (Å²) < 4.78 is 42.4. The number of aliphatic hydroxyl groups is 1. The van der Waals surface area contributed by atoms with Crippen LogP contribution in [0.5, 0.6) is 0 Å². The Morgan fingerprint density at radius 3 is 2.48 bits per heavy atom. The van der Waals surface area contributed by atoms with Crippen molar-refractivity contribution < 1.29 is 31.9 Å². The minimum atomic E-state index is -3.96. The normalized spacial score (nSPS) is 13.9. The topological polar surface area (TPSA) is 119 Å². The quantitative estimate of drug-likeness (QED) is 0.590. The van der Waals surface area contributed by atoms with Gasteiger partial charge in [0.2, 0.25) is 10.0 Å². The van der Waals surface area contributed by atoms with Crippen LogP contribution in [0.4, 0.5) is 0 Å². The predicted molar refractivity (Wildman–Crippen MR) is 93.4 cm³/mol. The highest BCUT2D eigenvalue weighted by atomic mass is 32.2. The standard InChI is InChI=1S/C18H17NO7S/c1-24-17(20)13-4-6-15(7-5-13)27(22,23)19-12-18(21,14-8-10-25-11-14)16-3-2-9-26-16/h2-11,19,21H,12H2,1H3/t18-/m0/s1. The first-order valence-corrected chi connectivity index (χ1v) is 9.32. The van der Waals surface area contributed by atoms with Gasteiger partial charge in [-0.05, 0) is 42.5 Å². The largest absolute Gasteiger partial charge is 0.472 e. The van der Waals surface area contributed by atoms with E-state index in [1.807, 2.05) is 0 Å². The molecule has 1 aromatic carbocycles. The molecule has 0 unspecified atom stereocenters. The Morgan fingerprint density at radius 1 is 1.19 bits per heavy atom. The maximum absolute atomic E-state index is 12.6. The van der Waals surface area contributed by atoms with Crippen molar-refractivity contribution >= 4 is 16.0 Å². The summed E-state index contributed by atoms with van der Waals surface area (Å²) in [6, 6.07) is 9.87. The molecule has 0 aliphatic heterocycles. The number of hydrogen-bond acceptors (Lipinski definition) is 7. The Kier molecular flexibility index (Phi) is 5.17. The second kappa shape index (κ2) is 7.39. The zero-order valence-corrected chi connectivity index (χ0v) is 15.1. The van der Waals surface area contributed by atoms with Crippen molar-refractivity contribution in [2.75, 3.05) is 13.7 Å². The third kappa shape index (κ3) is 3.80. The van der Waals surface area contributed by atoms with E-state index in [4.69, 9.17) is 8.83 Å². The Labute approximate surface area is 155 Å². The summed E-state index contributed by atoms with van der Waals surface area (Å²) in [6.45, 7) is -0.388. The Hall–Kier alpha value is -2.88. The molecule has 0 aliphatic carbocycles. The highest BCUT2D eigenvalue weighted by Gasteiger charge is 2.37. The summed E-state index contributed by atoms with van der Waals surface area (Å²) >= 11 is 0. The number of carbonyl (C=O) groups is 1. The molecular formula is C18H17NO7S. The molecule has 2 aromatic heterocycles. The lowest BCUT2D eigenvalue weighted by Crippen LogP contribution is -2.41. The first-order chi connectivity index (χ1) is 12.9. The van der Waals surface area contributed by atoms with Crippen molar-refractivity contribution in [3.8, 4) is 0 Å². The van der Waals surface area contributed by atoms with Gasteiger partial charge in [0.25, 0.3) is 0 Å². The molecule has 2 heterocycles. The van der Waals surface area contributed by atoms with E-state index in [9.17, 15) is 18.3 Å². The minimum Gasteiger partial charge on any atom is -0.472 e. The van der Waals surface area contributed by atoms with Crippen LogP contribution < -0.4 is 4.72 Å². The predicted octanol–water partition coefficient (Wildman–Crippen LogP) is 1.87. The lowest BCUT2D eigenvalue weighted by Gasteiger charge is -2.25. The van der Waals surface area contributed by atoms with E-state index in [0.29, 0.717) is 5.56 Å². The molecule has 0 amide bonds. The molecule has 0 fully saturated rings. The van der Waals surface area contributed by atoms with Gasteiger partial charge in [0.05, 0.1) is 42.9 Å². The van der Waals surface area contributed by atoms with Crippen LogP contribution in [0.15, 0.2) is 75.0 Å². The Bertz CT molecular complexity index is 956. The van der Waals surface area contributed by atoms with Gasteiger partial charge in [-0.2, -0.15) is 0 Å². The molecule has 27 heavy (non-hydrogen) atoms. The van der Waals surface area contributed by atoms with Gasteiger partial charge in [-0.15, -0.1) is 0 Å². The Balaban J connectivity index is 1.84. The minimum absolute atomic E-state index is 0.0656. The number of sulfonamides is 1. The highest BCUT2D eigenvalue weighted by Crippen LogP contribution is 2.30. The summed E-state index contributed by atoms with van der Waals surface area (Å²) in [4.78, 5) is 11.4. The number of furan rings is 2. The molecular weight excluding hydrogens is 374 g/mol. The number of benzene rings is 1. The summed E-state index contributed by atoms with van der Waals surface area (Å²) in [5.74, 6) is -0.410. The van der Waals surface area contributed by atoms with Gasteiger partial charge < -0.3 is 18.7 Å². The van der Waals surface area contributed by atoms with Crippen molar-refractivity contribution in [2.24, 2.45) is 0 Å². The first kappa shape index (κ1) is 18.9. The number of rotatable bonds is 7. The van der Waals surface area contributed by atoms with E-state index >= 15 is 0 Å². The van der Waals surface area contributed by atoms with Gasteiger partial charge >= 0.3 is 5.97 Å². The van der Waals surface area contributed by atoms with Gasteiger partial charge in [-0.25, -0.2) is 17.9 Å². The third-order valence-corrected chi connectivity index (χ3v) is 5.45. The van der Waals surface area contributed by atoms with E-state index in [1.165, 1.54) is 62.3 Å². The number of esters is 1. The molecule has 9 heteroatoms. The smallest absolute Gasteiger partial charge is 0.337 e. The van der Waals surface area contributed by atoms with Crippen molar-refractivity contribution in [3.05, 3.63) is 78.1 Å². The van der Waals surface area contributed by atoms with Crippen molar-refractivity contribution in [3.63, 3.8) is 0 Å². The van der Waals surface area contributed by atoms with E-state index in [0.717, 1.165) is 0 Å². The number of nitrogens with one attached hydrogen (secondary N) is 1. The summed E-state index contributed by atoms with van der Waals surface area (Å²) in [5, 5.41) is 11.0. The van der Waals surface area contributed by atoms with Crippen LogP contribution in [-0.4, -0.2) is 33.1 Å². The fraction of sp³-hybridized carbons (Fsp3) is 0.167. The number of carbonyl (C=O) groups excluding carboxylic acids is 1. The molecule has 1 atom stereocenters. The molecule has 2 N–H and O–H groups in total. The lowest BCUT2D eigenvalue weighted by molar-refractivity contribution is 0.0600. The fourth-order valence-corrected chi connectivity index (χ4v) is 3.58. The van der Waals surface area contributed by atoms with Crippen LogP contribution in [-0.2, 0) is 20.4 Å². The van der Waals surface area contributed by atoms with Gasteiger partial charge in [-0.1, -0.05) is 0 Å². The van der Waals surface area contributed by atoms with Crippen LogP contribution in [0.3, 0.4) is 0 Å². The van der Waals surface area contributed by atoms with E-state index < -0.39 is 21.6 Å². The molecule has 142 valence electrons. The summed E-state index contributed by atoms with van der Waals surface area (Å²) in [5.41, 5.74) is -1.20. The lowest BCUT2D eigenvalue weighted by atomic mass is 9.94. The molecule has 0 bridgehead atoms. The van der Waals surface area contributed by atoms with Crippen LogP contribution in [0.1, 0.15) is 21.7 Å². The van der Waals surface area contributed by atoms with Crippen molar-refractivity contribution in [1.29, 1.82) is 0 Å². The third-order valence-electron chi connectivity index (χ3n) is 4.03. The van der Waals surface area contributed by atoms with Crippen LogP contribution in [0.25, 0.3) is 0 Å². The molecule has 3 aromatic rings. The average Bonchev–Trinajstić information content (AvgIpc) is 3.40. The molecule has 0 saturated carbocycles. The molecule has 0 radical (unpaired) electrons. The molecule has 0 spiro atoms. The zero-order chi connectivity index (χ0) is 19.5. The highest BCUT2D eigenvalue weighted by molar-refractivity contribution is 7.89. The Morgan fingerprint density at radius 2 is 1.93 bits per heavy atom. The number of ether oxygens (including phenoxy) is 1. The van der Waals surface area contributed by atoms with Gasteiger partial charge in [-0.3, -0.25) is 0 Å². The van der Waals surface area contributed by atoms with Crippen molar-refractivity contribution in [2.45, 2.75) is 10.5 Å². The van der Waals surface area contributed by atoms with Gasteiger partial charge in [0.1, 0.15) is 5.76 Å². The van der Waals surface area contributed by atoms with Gasteiger partial charge in [0.15, 0.2) is 5.60 Å². The first-order valence-electron chi connectivity index (χ1n) is 7.84. The monoisotopic (exact) mass is 391 g/mol. The van der Waals surface area contributed by atoms with Crippen molar-refractivity contribution in [1.82, 2.24) is 4.72 Å². The van der Waals surface area contributed by atoms with Crippen LogP contribution in [0.2, 0.25) is 0 Å².